The first-order valence-corrected chi connectivity index (χ1v) is 21.7. The van der Waals surface area contributed by atoms with E-state index < -0.39 is 29.3 Å². The number of likely N-dealkylation sites (tertiary alicyclic amines) is 1. The predicted octanol–water partition coefficient (Wildman–Crippen LogP) is 4.99. The van der Waals surface area contributed by atoms with E-state index in [0.717, 1.165) is 77.5 Å². The number of piperidine rings is 1. The first kappa shape index (κ1) is 44.8. The van der Waals surface area contributed by atoms with Crippen molar-refractivity contribution in [3.8, 4) is 0 Å². The number of carbonyl (C=O) groups excluding carboxylic acids is 2. The summed E-state index contributed by atoms with van der Waals surface area (Å²) in [5.41, 5.74) is 9.33. The van der Waals surface area contributed by atoms with Gasteiger partial charge < -0.3 is 24.4 Å². The van der Waals surface area contributed by atoms with Gasteiger partial charge in [-0.05, 0) is 102 Å². The summed E-state index contributed by atoms with van der Waals surface area (Å²) in [7, 11) is 0. The van der Waals surface area contributed by atoms with Gasteiger partial charge in [-0.15, -0.1) is 23.2 Å². The van der Waals surface area contributed by atoms with Crippen molar-refractivity contribution in [1.29, 1.82) is 0 Å². The smallest absolute Gasteiger partial charge is 0.379 e. The number of alkyl halides is 5. The maximum Gasteiger partial charge on any atom is 0.393 e. The van der Waals surface area contributed by atoms with Crippen LogP contribution in [0.2, 0.25) is 0 Å². The van der Waals surface area contributed by atoms with E-state index >= 15 is 0 Å². The molecule has 4 N–H and O–H groups in total. The van der Waals surface area contributed by atoms with Crippen molar-refractivity contribution < 1.29 is 37.0 Å². The zero-order valence-corrected chi connectivity index (χ0v) is 33.7. The summed E-state index contributed by atoms with van der Waals surface area (Å²) in [5.74, 6) is -2.01. The molecular weight excluding hydrogens is 762 g/mol. The Bertz CT molecular complexity index is 1190. The average molecular weight is 827 g/mol. The first-order valence-electron chi connectivity index (χ1n) is 20.7. The van der Waals surface area contributed by atoms with Crippen molar-refractivity contribution in [3.05, 3.63) is 0 Å². The number of hydrazine groups is 2. The van der Waals surface area contributed by atoms with Gasteiger partial charge in [-0.1, -0.05) is 12.8 Å². The number of hydrazone groups is 1. The number of ether oxygens (including phenoxy) is 3. The zero-order valence-electron chi connectivity index (χ0n) is 32.2. The van der Waals surface area contributed by atoms with Gasteiger partial charge in [0, 0.05) is 61.2 Å². The molecule has 5 rings (SSSR count). The fraction of sp³-hybridized carbons (Fsp3) is 0.921. The Kier molecular flexibility index (Phi) is 19.0. The van der Waals surface area contributed by atoms with E-state index in [1.165, 1.54) is 12.6 Å². The molecule has 12 nitrogen and oxygen atoms in total. The summed E-state index contributed by atoms with van der Waals surface area (Å²) in [6, 6.07) is 0.193. The molecule has 316 valence electrons. The van der Waals surface area contributed by atoms with Crippen molar-refractivity contribution in [1.82, 2.24) is 31.6 Å². The lowest BCUT2D eigenvalue weighted by Gasteiger charge is -2.42. The number of nitrogens with one attached hydrogen (secondary N) is 4. The van der Waals surface area contributed by atoms with Crippen LogP contribution in [0.25, 0.3) is 0 Å². The van der Waals surface area contributed by atoms with Crippen LogP contribution in [0.15, 0.2) is 5.10 Å². The molecule has 9 atom stereocenters. The van der Waals surface area contributed by atoms with Gasteiger partial charge in [0.2, 0.25) is 11.8 Å². The molecule has 0 spiro atoms. The first-order chi connectivity index (χ1) is 26.6. The number of carbonyl (C=O) groups is 2. The molecule has 17 heteroatoms. The Morgan fingerprint density at radius 3 is 2.35 bits per heavy atom. The van der Waals surface area contributed by atoms with Gasteiger partial charge >= 0.3 is 6.18 Å². The predicted molar refractivity (Wildman–Crippen MR) is 207 cm³/mol. The molecule has 2 saturated heterocycles. The Hall–Kier alpha value is -1.30. The van der Waals surface area contributed by atoms with Gasteiger partial charge in [0.05, 0.1) is 44.9 Å². The van der Waals surface area contributed by atoms with E-state index in [1.807, 2.05) is 0 Å². The number of halogens is 5. The highest BCUT2D eigenvalue weighted by molar-refractivity contribution is 6.20. The molecule has 0 aromatic carbocycles. The van der Waals surface area contributed by atoms with Crippen LogP contribution < -0.4 is 21.7 Å². The monoisotopic (exact) mass is 825 g/mol. The molecule has 5 aliphatic rings. The Morgan fingerprint density at radius 2 is 1.60 bits per heavy atom. The van der Waals surface area contributed by atoms with Crippen LogP contribution in [-0.4, -0.2) is 129 Å². The topological polar surface area (TPSA) is 129 Å². The van der Waals surface area contributed by atoms with Crippen LogP contribution in [-0.2, 0) is 23.8 Å². The SMILES string of the molecule is O=C(NC1CCC(N2CCCCC2)CC1C(=O)N/N=C/C1CCC(Cl)C(C(F)(F)F)C1)C1CCCC(CN2CC(CCOCCOCCOCCCl)NN2)C1. The van der Waals surface area contributed by atoms with E-state index in [-0.39, 0.29) is 48.7 Å². The number of rotatable bonds is 19. The van der Waals surface area contributed by atoms with Gasteiger partial charge in [0.15, 0.2) is 0 Å². The van der Waals surface area contributed by atoms with Crippen LogP contribution in [0.4, 0.5) is 13.2 Å². The minimum atomic E-state index is -4.36. The molecule has 2 aliphatic heterocycles. The van der Waals surface area contributed by atoms with Crippen molar-refractivity contribution in [2.24, 2.45) is 34.7 Å². The molecule has 3 aliphatic carbocycles. The van der Waals surface area contributed by atoms with Crippen LogP contribution in [0, 0.1) is 29.6 Å². The molecule has 2 amide bonds. The molecule has 0 radical (unpaired) electrons. The van der Waals surface area contributed by atoms with Crippen LogP contribution in [0.5, 0.6) is 0 Å². The Morgan fingerprint density at radius 1 is 0.855 bits per heavy atom. The summed E-state index contributed by atoms with van der Waals surface area (Å²) in [5, 5.41) is 8.72. The van der Waals surface area contributed by atoms with E-state index in [4.69, 9.17) is 37.4 Å². The lowest BCUT2D eigenvalue weighted by Crippen LogP contribution is -2.54. The summed E-state index contributed by atoms with van der Waals surface area (Å²) >= 11 is 11.6. The summed E-state index contributed by atoms with van der Waals surface area (Å²) < 4.78 is 57.0. The quantitative estimate of drug-likeness (QED) is 0.0617. The minimum Gasteiger partial charge on any atom is -0.379 e. The van der Waals surface area contributed by atoms with Crippen LogP contribution >= 0.6 is 23.2 Å². The second kappa shape index (κ2) is 23.3. The van der Waals surface area contributed by atoms with Crippen molar-refractivity contribution in [2.45, 2.75) is 120 Å². The third-order valence-electron chi connectivity index (χ3n) is 12.2. The van der Waals surface area contributed by atoms with Crippen molar-refractivity contribution in [3.63, 3.8) is 0 Å². The van der Waals surface area contributed by atoms with Crippen LogP contribution in [0.1, 0.15) is 89.9 Å². The summed E-state index contributed by atoms with van der Waals surface area (Å²) in [6.07, 6.45) is 7.94. The number of hydrogen-bond donors (Lipinski definition) is 4. The highest BCUT2D eigenvalue weighted by Crippen LogP contribution is 2.42. The molecular formula is C38H64Cl2F3N7O5. The van der Waals surface area contributed by atoms with Crippen molar-refractivity contribution in [2.75, 3.05) is 71.7 Å². The van der Waals surface area contributed by atoms with Gasteiger partial charge in [-0.3, -0.25) is 9.59 Å². The Labute approximate surface area is 335 Å². The fourth-order valence-corrected chi connectivity index (χ4v) is 9.59. The second-order valence-corrected chi connectivity index (χ2v) is 17.1. The molecule has 5 fully saturated rings. The normalized spacial score (nSPS) is 32.9. The minimum absolute atomic E-state index is 0.0118. The van der Waals surface area contributed by atoms with E-state index in [1.54, 1.807) is 0 Å². The summed E-state index contributed by atoms with van der Waals surface area (Å²) in [6.45, 7) is 7.00. The molecule has 3 saturated carbocycles. The second-order valence-electron chi connectivity index (χ2n) is 16.2. The average Bonchev–Trinajstić information content (AvgIpc) is 3.63. The lowest BCUT2D eigenvalue weighted by atomic mass is 9.78. The third-order valence-corrected chi connectivity index (χ3v) is 12.8. The molecule has 0 aromatic rings. The molecule has 55 heavy (non-hydrogen) atoms. The van der Waals surface area contributed by atoms with E-state index in [9.17, 15) is 22.8 Å². The molecule has 2 heterocycles. The Balaban J connectivity index is 1.06. The highest BCUT2D eigenvalue weighted by Gasteiger charge is 2.47. The maximum atomic E-state index is 13.8. The largest absolute Gasteiger partial charge is 0.393 e. The van der Waals surface area contributed by atoms with Gasteiger partial charge in [0.1, 0.15) is 0 Å². The number of hydrogen-bond acceptors (Lipinski definition) is 10. The van der Waals surface area contributed by atoms with Gasteiger partial charge in [0.25, 0.3) is 0 Å². The van der Waals surface area contributed by atoms with E-state index in [2.05, 4.69) is 36.7 Å². The standard InChI is InChI=1S/C38H64Cl2F3N7O5/c39-12-16-54-18-20-55-19-17-53-15-11-30-26-50(48-46-30)25-28-5-4-6-29(21-28)36(51)45-35-10-8-31(49-13-2-1-3-14-49)23-32(35)37(52)47-44-24-27-7-9-34(40)33(22-27)38(41,42)43/h24,27-35,46,48H,1-23,25-26H2,(H,45,51)(H,47,52)/b44-24+. The van der Waals surface area contributed by atoms with Gasteiger partial charge in [-0.2, -0.15) is 23.8 Å². The van der Waals surface area contributed by atoms with Crippen LogP contribution in [0.3, 0.4) is 0 Å². The van der Waals surface area contributed by atoms with Crippen molar-refractivity contribution >= 4 is 41.2 Å². The fourth-order valence-electron chi connectivity index (χ4n) is 9.11. The van der Waals surface area contributed by atoms with Gasteiger partial charge in [-0.25, -0.2) is 15.9 Å². The third kappa shape index (κ3) is 14.8. The number of amides is 2. The highest BCUT2D eigenvalue weighted by atomic mass is 35.5. The van der Waals surface area contributed by atoms with E-state index in [0.29, 0.717) is 70.7 Å². The summed E-state index contributed by atoms with van der Waals surface area (Å²) in [4.78, 5) is 30.0. The molecule has 0 aromatic heterocycles. The maximum absolute atomic E-state index is 13.8. The lowest BCUT2D eigenvalue weighted by molar-refractivity contribution is -0.182. The number of nitrogens with zero attached hydrogens (tertiary/aromatic N) is 3. The zero-order chi connectivity index (χ0) is 39.0. The molecule has 0 bridgehead atoms. The molecule has 9 unspecified atom stereocenters.